The fourth-order valence-corrected chi connectivity index (χ4v) is 7.41. The van der Waals surface area contributed by atoms with Crippen LogP contribution in [0.4, 0.5) is 5.13 Å². The van der Waals surface area contributed by atoms with Crippen LogP contribution in [0, 0.1) is 13.8 Å². The van der Waals surface area contributed by atoms with E-state index in [1.807, 2.05) is 25.1 Å². The second-order valence-electron chi connectivity index (χ2n) is 9.42. The molecule has 2 N–H and O–H groups in total. The molecule has 1 amide bonds. The summed E-state index contributed by atoms with van der Waals surface area (Å²) in [6.45, 7) is 3.67. The maximum absolute atomic E-state index is 13.6. The van der Waals surface area contributed by atoms with E-state index in [1.165, 1.54) is 29.8 Å². The summed E-state index contributed by atoms with van der Waals surface area (Å²) in [7, 11) is 1.39. The van der Waals surface area contributed by atoms with Gasteiger partial charge in [0.1, 0.15) is 5.76 Å². The Bertz CT molecular complexity index is 1780. The van der Waals surface area contributed by atoms with Crippen LogP contribution in [0.25, 0.3) is 5.76 Å². The lowest BCUT2D eigenvalue weighted by atomic mass is 9.93. The minimum absolute atomic E-state index is 0.116. The maximum Gasteiger partial charge on any atom is 0.301 e. The molecule has 1 aliphatic rings. The van der Waals surface area contributed by atoms with E-state index < -0.39 is 17.7 Å². The number of amides is 1. The highest BCUT2D eigenvalue weighted by molar-refractivity contribution is 9.10. The number of aryl methyl sites for hydroxylation is 2. The highest BCUT2D eigenvalue weighted by atomic mass is 79.9. The minimum Gasteiger partial charge on any atom is -0.507 e. The topological polar surface area (TPSA) is 113 Å². The number of hydrogen-bond acceptors (Lipinski definition) is 9. The van der Waals surface area contributed by atoms with Gasteiger partial charge in [-0.1, -0.05) is 70.1 Å². The molecular weight excluding hydrogens is 685 g/mol. The number of carbonyl (C=O) groups is 2. The molecule has 0 aliphatic carbocycles. The van der Waals surface area contributed by atoms with Crippen LogP contribution in [-0.2, 0) is 15.3 Å². The predicted molar refractivity (Wildman–Crippen MR) is 169 cm³/mol. The van der Waals surface area contributed by atoms with Gasteiger partial charge in [0.15, 0.2) is 15.8 Å². The number of aromatic nitrogens is 2. The number of aliphatic hydroxyl groups is 1. The first-order valence-electron chi connectivity index (χ1n) is 12.4. The quantitative estimate of drug-likeness (QED) is 0.0657. The zero-order valence-corrected chi connectivity index (χ0v) is 27.0. The number of phenolic OH excluding ortho intramolecular Hbond substituents is 1. The fourth-order valence-electron chi connectivity index (χ4n) is 4.52. The molecule has 4 aromatic rings. The SMILES string of the molecule is COc1cc(C2/C(=C(\O)c3cc(C)ccc3C)C(=O)C(=O)N2c2nnc(SCc3ccc(Cl)cc3Cl)s2)cc(Br)c1O. The highest BCUT2D eigenvalue weighted by Crippen LogP contribution is 2.47. The van der Waals surface area contributed by atoms with Gasteiger partial charge in [-0.3, -0.25) is 14.5 Å². The summed E-state index contributed by atoms with van der Waals surface area (Å²) in [6.07, 6.45) is 0. The highest BCUT2D eigenvalue weighted by Gasteiger charge is 2.49. The number of rotatable bonds is 7. The van der Waals surface area contributed by atoms with Gasteiger partial charge in [0, 0.05) is 21.4 Å². The molecular formula is C29H22BrCl2N3O5S2. The van der Waals surface area contributed by atoms with Crippen LogP contribution in [0.1, 0.15) is 33.9 Å². The van der Waals surface area contributed by atoms with Crippen molar-refractivity contribution in [2.75, 3.05) is 12.0 Å². The lowest BCUT2D eigenvalue weighted by Gasteiger charge is -2.23. The number of Topliss-reactive ketones (excluding diaryl/α,β-unsaturated/α-hetero) is 1. The van der Waals surface area contributed by atoms with Gasteiger partial charge < -0.3 is 14.9 Å². The van der Waals surface area contributed by atoms with E-state index in [2.05, 4.69) is 26.1 Å². The number of ether oxygens (including phenoxy) is 1. The van der Waals surface area contributed by atoms with E-state index >= 15 is 0 Å². The molecule has 2 heterocycles. The number of carbonyl (C=O) groups excluding carboxylic acids is 2. The average Bonchev–Trinajstić information content (AvgIpc) is 3.52. The van der Waals surface area contributed by atoms with Crippen molar-refractivity contribution in [1.29, 1.82) is 0 Å². The summed E-state index contributed by atoms with van der Waals surface area (Å²) < 4.78 is 6.15. The molecule has 1 saturated heterocycles. The first-order valence-corrected chi connectivity index (χ1v) is 15.7. The average molecular weight is 707 g/mol. The van der Waals surface area contributed by atoms with Gasteiger partial charge >= 0.3 is 5.91 Å². The van der Waals surface area contributed by atoms with Gasteiger partial charge in [-0.25, -0.2) is 0 Å². The molecule has 0 radical (unpaired) electrons. The van der Waals surface area contributed by atoms with Crippen LogP contribution < -0.4 is 9.64 Å². The van der Waals surface area contributed by atoms with Crippen LogP contribution in [-0.4, -0.2) is 39.2 Å². The van der Waals surface area contributed by atoms with Gasteiger partial charge in [-0.15, -0.1) is 10.2 Å². The Balaban J connectivity index is 1.61. The van der Waals surface area contributed by atoms with E-state index in [1.54, 1.807) is 31.2 Å². The minimum atomic E-state index is -1.09. The first-order chi connectivity index (χ1) is 20.0. The zero-order valence-electron chi connectivity index (χ0n) is 22.3. The zero-order chi connectivity index (χ0) is 30.3. The van der Waals surface area contributed by atoms with Crippen LogP contribution >= 0.6 is 62.2 Å². The molecule has 42 heavy (non-hydrogen) atoms. The Morgan fingerprint density at radius 2 is 1.88 bits per heavy atom. The number of benzene rings is 3. The molecule has 13 heteroatoms. The Hall–Kier alpha value is -3.09. The lowest BCUT2D eigenvalue weighted by molar-refractivity contribution is -0.132. The fraction of sp³-hybridized carbons (Fsp3) is 0.172. The van der Waals surface area contributed by atoms with E-state index in [4.69, 9.17) is 27.9 Å². The van der Waals surface area contributed by atoms with E-state index in [-0.39, 0.29) is 32.4 Å². The molecule has 0 saturated carbocycles. The largest absolute Gasteiger partial charge is 0.507 e. The Morgan fingerprint density at radius 3 is 2.60 bits per heavy atom. The number of ketones is 1. The number of hydrogen-bond donors (Lipinski definition) is 2. The molecule has 1 unspecified atom stereocenters. The number of aliphatic hydroxyl groups excluding tert-OH is 1. The number of thioether (sulfide) groups is 1. The van der Waals surface area contributed by atoms with Crippen LogP contribution in [0.5, 0.6) is 11.5 Å². The molecule has 1 fully saturated rings. The molecule has 3 aromatic carbocycles. The number of aromatic hydroxyl groups is 1. The van der Waals surface area contributed by atoms with Crippen molar-refractivity contribution < 1.29 is 24.5 Å². The van der Waals surface area contributed by atoms with Gasteiger partial charge in [-0.2, -0.15) is 0 Å². The predicted octanol–water partition coefficient (Wildman–Crippen LogP) is 7.86. The van der Waals surface area contributed by atoms with Crippen molar-refractivity contribution in [3.63, 3.8) is 0 Å². The number of anilines is 1. The molecule has 216 valence electrons. The second kappa shape index (κ2) is 12.3. The Labute approximate surface area is 268 Å². The van der Waals surface area contributed by atoms with Crippen molar-refractivity contribution in [2.45, 2.75) is 30.0 Å². The van der Waals surface area contributed by atoms with Gasteiger partial charge in [0.2, 0.25) is 5.13 Å². The van der Waals surface area contributed by atoms with Crippen molar-refractivity contribution in [2.24, 2.45) is 0 Å². The third-order valence-corrected chi connectivity index (χ3v) is 9.94. The first kappa shape index (κ1) is 30.4. The van der Waals surface area contributed by atoms with Gasteiger partial charge in [-0.05, 0) is 76.8 Å². The van der Waals surface area contributed by atoms with Crippen molar-refractivity contribution >= 4 is 84.8 Å². The van der Waals surface area contributed by atoms with Gasteiger partial charge in [0.05, 0.1) is 23.2 Å². The second-order valence-corrected chi connectivity index (χ2v) is 13.3. The van der Waals surface area contributed by atoms with E-state index in [0.717, 1.165) is 28.0 Å². The van der Waals surface area contributed by atoms with E-state index in [9.17, 15) is 19.8 Å². The Kier molecular flexibility index (Phi) is 8.86. The molecule has 8 nitrogen and oxygen atoms in total. The lowest BCUT2D eigenvalue weighted by Crippen LogP contribution is -2.29. The number of nitrogens with zero attached hydrogens (tertiary/aromatic N) is 3. The van der Waals surface area contributed by atoms with Crippen molar-refractivity contribution in [3.8, 4) is 11.5 Å². The van der Waals surface area contributed by atoms with Crippen molar-refractivity contribution in [3.05, 3.63) is 96.4 Å². The van der Waals surface area contributed by atoms with Crippen molar-refractivity contribution in [1.82, 2.24) is 10.2 Å². The summed E-state index contributed by atoms with van der Waals surface area (Å²) in [4.78, 5) is 28.4. The summed E-state index contributed by atoms with van der Waals surface area (Å²) >= 11 is 18.1. The number of halogens is 3. The molecule has 0 bridgehead atoms. The third-order valence-electron chi connectivity index (χ3n) is 6.65. The summed E-state index contributed by atoms with van der Waals surface area (Å²) in [5.41, 5.74) is 3.15. The molecule has 0 spiro atoms. The van der Waals surface area contributed by atoms with Crippen LogP contribution in [0.3, 0.4) is 0 Å². The smallest absolute Gasteiger partial charge is 0.301 e. The van der Waals surface area contributed by atoms with Gasteiger partial charge in [0.25, 0.3) is 5.78 Å². The molecule has 5 rings (SSSR count). The van der Waals surface area contributed by atoms with Crippen LogP contribution in [0.15, 0.2) is 62.9 Å². The molecule has 1 aliphatic heterocycles. The monoisotopic (exact) mass is 705 g/mol. The Morgan fingerprint density at radius 1 is 1.12 bits per heavy atom. The van der Waals surface area contributed by atoms with E-state index in [0.29, 0.717) is 31.3 Å². The third kappa shape index (κ3) is 5.76. The summed E-state index contributed by atoms with van der Waals surface area (Å²) in [6, 6.07) is 12.7. The number of phenols is 1. The molecule has 1 aromatic heterocycles. The summed E-state index contributed by atoms with van der Waals surface area (Å²) in [5.74, 6) is -1.63. The maximum atomic E-state index is 13.6. The standard InChI is InChI=1S/C29H22BrCl2N3O5S2/c1-13-4-5-14(2)18(8-13)24(36)22-23(16-9-19(30)25(37)21(10-16)40-3)35(27(39)26(22)38)28-33-34-29(42-28)41-12-15-6-7-17(31)11-20(15)32/h4-11,23,36-37H,12H2,1-3H3/b24-22+. The van der Waals surface area contributed by atoms with Crippen LogP contribution in [0.2, 0.25) is 10.0 Å². The molecule has 1 atom stereocenters. The number of methoxy groups -OCH3 is 1. The summed E-state index contributed by atoms with van der Waals surface area (Å²) in [5, 5.41) is 31.7. The normalized spacial score (nSPS) is 16.3.